The minimum absolute atomic E-state index is 0.183. The Morgan fingerprint density at radius 2 is 2.06 bits per heavy atom. The number of amides is 2. The number of nitrogens with one attached hydrogen (secondary N) is 1. The lowest BCUT2D eigenvalue weighted by molar-refractivity contribution is -0.155. The van der Waals surface area contributed by atoms with Crippen LogP contribution in [0, 0.1) is 31.6 Å². The van der Waals surface area contributed by atoms with Crippen LogP contribution in [0.2, 0.25) is 0 Å². The molecule has 1 aromatic carbocycles. The molecule has 1 aromatic rings. The molecular weight excluding hydrogens is 516 g/mol. The van der Waals surface area contributed by atoms with Gasteiger partial charge in [-0.05, 0) is 56.7 Å². The van der Waals surface area contributed by atoms with Gasteiger partial charge in [-0.3, -0.25) is 14.4 Å². The molecule has 9 heteroatoms. The molecular formula is C26H35BrN2O6. The highest BCUT2D eigenvalue weighted by atomic mass is 79.9. The van der Waals surface area contributed by atoms with Gasteiger partial charge in [-0.1, -0.05) is 41.9 Å². The number of benzene rings is 1. The van der Waals surface area contributed by atoms with Crippen molar-refractivity contribution >= 4 is 39.4 Å². The number of ether oxygens (including phenoxy) is 2. The molecule has 2 amide bonds. The second-order valence-corrected chi connectivity index (χ2v) is 11.6. The Morgan fingerprint density at radius 3 is 2.69 bits per heavy atom. The van der Waals surface area contributed by atoms with Crippen molar-refractivity contribution in [3.05, 3.63) is 29.3 Å². The number of halogens is 1. The molecule has 35 heavy (non-hydrogen) atoms. The monoisotopic (exact) mass is 550 g/mol. The van der Waals surface area contributed by atoms with Gasteiger partial charge in [0.2, 0.25) is 11.8 Å². The minimum atomic E-state index is -1.18. The lowest BCUT2D eigenvalue weighted by Crippen LogP contribution is -2.56. The van der Waals surface area contributed by atoms with E-state index in [4.69, 9.17) is 9.47 Å². The fourth-order valence-electron chi connectivity index (χ4n) is 6.16. The number of rotatable bonds is 8. The molecule has 3 fully saturated rings. The van der Waals surface area contributed by atoms with E-state index in [-0.39, 0.29) is 35.8 Å². The third-order valence-electron chi connectivity index (χ3n) is 7.53. The molecule has 0 saturated carbocycles. The molecule has 0 radical (unpaired) electrons. The van der Waals surface area contributed by atoms with E-state index in [1.807, 2.05) is 45.9 Å². The van der Waals surface area contributed by atoms with Crippen molar-refractivity contribution in [2.75, 3.05) is 18.5 Å². The quantitative estimate of drug-likeness (QED) is 0.381. The van der Waals surface area contributed by atoms with E-state index in [9.17, 15) is 19.5 Å². The van der Waals surface area contributed by atoms with Gasteiger partial charge < -0.3 is 24.8 Å². The highest BCUT2D eigenvalue weighted by molar-refractivity contribution is 9.09. The molecule has 3 saturated heterocycles. The number of fused-ring (bicyclic) bond motifs is 1. The van der Waals surface area contributed by atoms with E-state index in [1.165, 1.54) is 4.90 Å². The third kappa shape index (κ3) is 4.29. The van der Waals surface area contributed by atoms with Crippen LogP contribution >= 0.6 is 15.9 Å². The van der Waals surface area contributed by atoms with Crippen LogP contribution in [0.4, 0.5) is 5.69 Å². The molecule has 3 heterocycles. The number of carbonyl (C=O) groups is 3. The number of aryl methyl sites for hydroxylation is 2. The molecule has 0 aliphatic carbocycles. The molecule has 3 aliphatic heterocycles. The summed E-state index contributed by atoms with van der Waals surface area (Å²) in [6.07, 6.45) is 0.369. The minimum Gasteiger partial charge on any atom is -0.466 e. The number of aliphatic hydroxyl groups excluding tert-OH is 1. The summed E-state index contributed by atoms with van der Waals surface area (Å²) in [7, 11) is 0. The number of carbonyl (C=O) groups excluding carboxylic acids is 3. The van der Waals surface area contributed by atoms with Gasteiger partial charge >= 0.3 is 5.97 Å². The second-order valence-electron chi connectivity index (χ2n) is 10.4. The van der Waals surface area contributed by atoms with Crippen molar-refractivity contribution in [1.82, 2.24) is 4.90 Å². The first-order valence-corrected chi connectivity index (χ1v) is 13.3. The molecule has 2 bridgehead atoms. The van der Waals surface area contributed by atoms with Crippen molar-refractivity contribution in [2.45, 2.75) is 76.1 Å². The fourth-order valence-corrected chi connectivity index (χ4v) is 7.10. The van der Waals surface area contributed by atoms with Gasteiger partial charge in [0.15, 0.2) is 0 Å². The van der Waals surface area contributed by atoms with Gasteiger partial charge in [-0.25, -0.2) is 0 Å². The zero-order valence-corrected chi connectivity index (χ0v) is 22.5. The average Bonchev–Trinajstić information content (AvgIpc) is 3.38. The third-order valence-corrected chi connectivity index (χ3v) is 8.38. The van der Waals surface area contributed by atoms with Crippen LogP contribution in [-0.2, 0) is 23.9 Å². The van der Waals surface area contributed by atoms with Crippen molar-refractivity contribution in [3.8, 4) is 0 Å². The predicted octanol–water partition coefficient (Wildman–Crippen LogP) is 2.96. The summed E-state index contributed by atoms with van der Waals surface area (Å²) < 4.78 is 11.8. The summed E-state index contributed by atoms with van der Waals surface area (Å²) in [6, 6.07) is 4.23. The van der Waals surface area contributed by atoms with E-state index < -0.39 is 41.6 Å². The lowest BCUT2D eigenvalue weighted by atomic mass is 9.70. The molecule has 8 nitrogen and oxygen atoms in total. The molecule has 2 N–H and O–H groups in total. The number of alkyl halides is 1. The first-order chi connectivity index (χ1) is 16.5. The Labute approximate surface area is 214 Å². The molecule has 192 valence electrons. The number of hydrogen-bond acceptors (Lipinski definition) is 6. The van der Waals surface area contributed by atoms with Crippen LogP contribution in [0.5, 0.6) is 0 Å². The van der Waals surface area contributed by atoms with Crippen LogP contribution < -0.4 is 5.32 Å². The van der Waals surface area contributed by atoms with Gasteiger partial charge in [-0.2, -0.15) is 0 Å². The summed E-state index contributed by atoms with van der Waals surface area (Å²) in [6.45, 7) is 9.49. The number of nitrogens with zero attached hydrogens (tertiary/aromatic N) is 1. The topological polar surface area (TPSA) is 105 Å². The van der Waals surface area contributed by atoms with E-state index in [0.29, 0.717) is 18.5 Å². The zero-order chi connectivity index (χ0) is 25.7. The Kier molecular flexibility index (Phi) is 7.33. The Hall–Kier alpha value is -1.97. The van der Waals surface area contributed by atoms with Crippen LogP contribution in [0.1, 0.15) is 44.7 Å². The molecule has 0 aromatic heterocycles. The van der Waals surface area contributed by atoms with Crippen molar-refractivity contribution in [1.29, 1.82) is 0 Å². The van der Waals surface area contributed by atoms with Crippen molar-refractivity contribution < 1.29 is 29.0 Å². The summed E-state index contributed by atoms with van der Waals surface area (Å²) in [5.41, 5.74) is 1.38. The van der Waals surface area contributed by atoms with Gasteiger partial charge in [0.1, 0.15) is 11.6 Å². The normalized spacial score (nSPS) is 32.2. The zero-order valence-electron chi connectivity index (χ0n) is 20.9. The Bertz CT molecular complexity index is 1020. The average molecular weight is 551 g/mol. The second kappa shape index (κ2) is 9.82. The van der Waals surface area contributed by atoms with Crippen molar-refractivity contribution in [3.63, 3.8) is 0 Å². The number of esters is 1. The molecule has 3 aliphatic rings. The summed E-state index contributed by atoms with van der Waals surface area (Å²) in [4.78, 5) is 42.3. The van der Waals surface area contributed by atoms with Gasteiger partial charge in [0.25, 0.3) is 0 Å². The molecule has 1 spiro atoms. The highest BCUT2D eigenvalue weighted by Crippen LogP contribution is 2.60. The highest BCUT2D eigenvalue weighted by Gasteiger charge is 2.77. The largest absolute Gasteiger partial charge is 0.466 e. The Morgan fingerprint density at radius 1 is 1.34 bits per heavy atom. The van der Waals surface area contributed by atoms with E-state index >= 15 is 0 Å². The first kappa shape index (κ1) is 26.1. The van der Waals surface area contributed by atoms with E-state index in [1.54, 1.807) is 6.92 Å². The predicted molar refractivity (Wildman–Crippen MR) is 134 cm³/mol. The maximum Gasteiger partial charge on any atom is 0.312 e. The van der Waals surface area contributed by atoms with Gasteiger partial charge in [0.05, 0.1) is 37.2 Å². The number of hydrogen-bond donors (Lipinski definition) is 2. The van der Waals surface area contributed by atoms with Crippen molar-refractivity contribution in [2.24, 2.45) is 17.8 Å². The number of likely N-dealkylation sites (tertiary alicyclic amines) is 1. The van der Waals surface area contributed by atoms with Gasteiger partial charge in [0, 0.05) is 10.5 Å². The van der Waals surface area contributed by atoms with E-state index in [0.717, 1.165) is 11.1 Å². The molecule has 7 atom stereocenters. The van der Waals surface area contributed by atoms with Crippen LogP contribution in [0.25, 0.3) is 0 Å². The SMILES string of the molecule is CCOC(=O)[C@@H]1[C@H]2O[C@@]3(CC2Br)[C@H](C(=O)Nc2cc(C)ccc2C)N([C@@H](CO)CC(C)C)C(=O)[C@@H]13. The smallest absolute Gasteiger partial charge is 0.312 e. The fraction of sp³-hybridized carbons (Fsp3) is 0.654. The summed E-state index contributed by atoms with van der Waals surface area (Å²) in [5.74, 6) is -2.65. The van der Waals surface area contributed by atoms with Crippen LogP contribution in [-0.4, -0.2) is 69.6 Å². The number of anilines is 1. The lowest BCUT2D eigenvalue weighted by Gasteiger charge is -2.37. The first-order valence-electron chi connectivity index (χ1n) is 12.3. The maximum absolute atomic E-state index is 14.0. The number of aliphatic hydroxyl groups is 1. The molecule has 1 unspecified atom stereocenters. The summed E-state index contributed by atoms with van der Waals surface area (Å²) in [5, 5.41) is 13.3. The summed E-state index contributed by atoms with van der Waals surface area (Å²) >= 11 is 3.64. The molecule has 4 rings (SSSR count). The Balaban J connectivity index is 1.79. The van der Waals surface area contributed by atoms with Crippen LogP contribution in [0.15, 0.2) is 18.2 Å². The van der Waals surface area contributed by atoms with Crippen LogP contribution in [0.3, 0.4) is 0 Å². The van der Waals surface area contributed by atoms with Gasteiger partial charge in [-0.15, -0.1) is 0 Å². The standard InChI is InChI=1S/C26H35BrN2O6/c1-6-34-25(33)19-20-24(32)29(16(12-30)9-13(2)3)22(26(20)11-17(27)21(19)35-26)23(31)28-18-10-14(4)7-8-15(18)5/h7-8,10,13,16-17,19-22,30H,6,9,11-12H2,1-5H3,(H,28,31)/t16-,17?,19+,20-,21+,22+,26-/m1/s1. The maximum atomic E-state index is 14.0. The van der Waals surface area contributed by atoms with E-state index in [2.05, 4.69) is 21.2 Å².